The van der Waals surface area contributed by atoms with Crippen molar-refractivity contribution in [2.24, 2.45) is 0 Å². The molecule has 19 heavy (non-hydrogen) atoms. The van der Waals surface area contributed by atoms with Gasteiger partial charge in [0.1, 0.15) is 0 Å². The maximum atomic E-state index is 11.4. The number of alkyl halides is 1. The van der Waals surface area contributed by atoms with E-state index in [9.17, 15) is 8.42 Å². The van der Waals surface area contributed by atoms with E-state index in [2.05, 4.69) is 5.32 Å². The molecule has 1 aromatic carbocycles. The summed E-state index contributed by atoms with van der Waals surface area (Å²) in [6.45, 7) is 0. The summed E-state index contributed by atoms with van der Waals surface area (Å²) in [6, 6.07) is 6.92. The quantitative estimate of drug-likeness (QED) is 0.867. The minimum atomic E-state index is -3.13. The van der Waals surface area contributed by atoms with Crippen LogP contribution in [0.3, 0.4) is 0 Å². The Morgan fingerprint density at radius 2 is 1.74 bits per heavy atom. The van der Waals surface area contributed by atoms with Crippen molar-refractivity contribution in [1.82, 2.24) is 0 Å². The van der Waals surface area contributed by atoms with E-state index in [0.717, 1.165) is 18.5 Å². The summed E-state index contributed by atoms with van der Waals surface area (Å²) in [4.78, 5) is 0.349. The van der Waals surface area contributed by atoms with Gasteiger partial charge in [-0.1, -0.05) is 19.3 Å². The number of anilines is 1. The lowest BCUT2D eigenvalue weighted by atomic mass is 9.83. The fourth-order valence-corrected chi connectivity index (χ4v) is 3.58. The Balaban J connectivity index is 2.14. The molecule has 1 aliphatic carbocycles. The number of rotatable bonds is 4. The zero-order chi connectivity index (χ0) is 13.9. The van der Waals surface area contributed by atoms with Crippen LogP contribution in [0, 0.1) is 0 Å². The van der Waals surface area contributed by atoms with Crippen LogP contribution in [0.2, 0.25) is 0 Å². The molecule has 1 saturated carbocycles. The molecule has 1 aromatic rings. The van der Waals surface area contributed by atoms with Crippen molar-refractivity contribution in [3.63, 3.8) is 0 Å². The van der Waals surface area contributed by atoms with Crippen LogP contribution in [0.15, 0.2) is 29.2 Å². The number of hydrogen-bond acceptors (Lipinski definition) is 3. The van der Waals surface area contributed by atoms with E-state index < -0.39 is 9.84 Å². The lowest BCUT2D eigenvalue weighted by Gasteiger charge is -2.37. The molecule has 0 radical (unpaired) electrons. The molecule has 0 aliphatic heterocycles. The van der Waals surface area contributed by atoms with Crippen molar-refractivity contribution in [1.29, 1.82) is 0 Å². The lowest BCUT2D eigenvalue weighted by Crippen LogP contribution is -2.42. The van der Waals surface area contributed by atoms with E-state index in [-0.39, 0.29) is 5.54 Å². The van der Waals surface area contributed by atoms with Crippen molar-refractivity contribution in [3.8, 4) is 0 Å². The molecule has 0 heterocycles. The van der Waals surface area contributed by atoms with E-state index in [4.69, 9.17) is 11.6 Å². The average Bonchev–Trinajstić information content (AvgIpc) is 2.39. The highest BCUT2D eigenvalue weighted by Gasteiger charge is 2.30. The summed E-state index contributed by atoms with van der Waals surface area (Å²) in [5.74, 6) is 0.584. The minimum absolute atomic E-state index is 0.0353. The minimum Gasteiger partial charge on any atom is -0.378 e. The van der Waals surface area contributed by atoms with Gasteiger partial charge in [0.15, 0.2) is 9.84 Å². The van der Waals surface area contributed by atoms with Gasteiger partial charge in [-0.2, -0.15) is 0 Å². The highest BCUT2D eigenvalue weighted by Crippen LogP contribution is 2.32. The zero-order valence-electron chi connectivity index (χ0n) is 11.2. The van der Waals surface area contributed by atoms with Crippen molar-refractivity contribution in [3.05, 3.63) is 24.3 Å². The first-order chi connectivity index (χ1) is 8.95. The van der Waals surface area contributed by atoms with Crippen LogP contribution < -0.4 is 5.32 Å². The highest BCUT2D eigenvalue weighted by molar-refractivity contribution is 7.90. The number of nitrogens with one attached hydrogen (secondary N) is 1. The van der Waals surface area contributed by atoms with Gasteiger partial charge < -0.3 is 5.32 Å². The molecule has 1 fully saturated rings. The van der Waals surface area contributed by atoms with Crippen molar-refractivity contribution in [2.45, 2.75) is 42.5 Å². The van der Waals surface area contributed by atoms with Gasteiger partial charge in [-0.05, 0) is 37.1 Å². The highest BCUT2D eigenvalue weighted by atomic mass is 35.5. The summed E-state index contributed by atoms with van der Waals surface area (Å²) >= 11 is 6.13. The van der Waals surface area contributed by atoms with E-state index >= 15 is 0 Å². The van der Waals surface area contributed by atoms with Gasteiger partial charge in [-0.25, -0.2) is 8.42 Å². The monoisotopic (exact) mass is 301 g/mol. The third-order valence-corrected chi connectivity index (χ3v) is 5.40. The van der Waals surface area contributed by atoms with Gasteiger partial charge in [0.25, 0.3) is 0 Å². The molecule has 0 atom stereocenters. The molecule has 5 heteroatoms. The Morgan fingerprint density at radius 1 is 1.16 bits per heavy atom. The molecular formula is C14H20ClNO2S. The van der Waals surface area contributed by atoms with Crippen molar-refractivity contribution < 1.29 is 8.42 Å². The predicted octanol–water partition coefficient (Wildman–Crippen LogP) is 3.44. The van der Waals surface area contributed by atoms with Crippen LogP contribution in [0.25, 0.3) is 0 Å². The molecule has 0 saturated heterocycles. The maximum absolute atomic E-state index is 11.4. The topological polar surface area (TPSA) is 46.2 Å². The van der Waals surface area contributed by atoms with Crippen molar-refractivity contribution >= 4 is 27.1 Å². The number of sulfone groups is 1. The van der Waals surface area contributed by atoms with Crippen molar-refractivity contribution in [2.75, 3.05) is 17.5 Å². The number of halogens is 1. The fourth-order valence-electron chi connectivity index (χ4n) is 2.61. The molecule has 3 nitrogen and oxygen atoms in total. The zero-order valence-corrected chi connectivity index (χ0v) is 12.7. The van der Waals surface area contributed by atoms with Gasteiger partial charge in [-0.15, -0.1) is 11.6 Å². The SMILES string of the molecule is CS(=O)(=O)c1ccc(NC2(CCl)CCCCC2)cc1. The van der Waals surface area contributed by atoms with Crippen LogP contribution in [-0.4, -0.2) is 26.1 Å². The van der Waals surface area contributed by atoms with Crippen LogP contribution in [0.5, 0.6) is 0 Å². The van der Waals surface area contributed by atoms with Crippen LogP contribution >= 0.6 is 11.6 Å². The lowest BCUT2D eigenvalue weighted by molar-refractivity contribution is 0.353. The van der Waals surface area contributed by atoms with E-state index in [1.165, 1.54) is 25.5 Å². The Hall–Kier alpha value is -0.740. The molecule has 106 valence electrons. The van der Waals surface area contributed by atoms with E-state index in [0.29, 0.717) is 10.8 Å². The molecule has 0 unspecified atom stereocenters. The molecule has 0 aromatic heterocycles. The molecule has 0 bridgehead atoms. The summed E-state index contributed by atoms with van der Waals surface area (Å²) in [5, 5.41) is 3.50. The summed E-state index contributed by atoms with van der Waals surface area (Å²) in [7, 11) is -3.13. The summed E-state index contributed by atoms with van der Waals surface area (Å²) < 4.78 is 22.8. The third-order valence-electron chi connectivity index (χ3n) is 3.76. The molecule has 0 amide bonds. The van der Waals surface area contributed by atoms with Crippen LogP contribution in [0.4, 0.5) is 5.69 Å². The Labute approximate surface area is 120 Å². The fraction of sp³-hybridized carbons (Fsp3) is 0.571. The van der Waals surface area contributed by atoms with E-state index in [1.807, 2.05) is 12.1 Å². The number of hydrogen-bond donors (Lipinski definition) is 1. The first-order valence-corrected chi connectivity index (χ1v) is 9.02. The molecular weight excluding hydrogens is 282 g/mol. The molecule has 2 rings (SSSR count). The van der Waals surface area contributed by atoms with Gasteiger partial charge in [0.2, 0.25) is 0 Å². The summed E-state index contributed by atoms with van der Waals surface area (Å²) in [6.07, 6.45) is 7.03. The standard InChI is InChI=1S/C14H20ClNO2S/c1-19(17,18)13-7-5-12(6-8-13)16-14(11-15)9-3-2-4-10-14/h5-8,16H,2-4,9-11H2,1H3. The molecule has 1 N–H and O–H groups in total. The first-order valence-electron chi connectivity index (χ1n) is 6.59. The second-order valence-electron chi connectivity index (χ2n) is 5.40. The van der Waals surface area contributed by atoms with Gasteiger partial charge >= 0.3 is 0 Å². The number of benzene rings is 1. The second-order valence-corrected chi connectivity index (χ2v) is 7.68. The normalized spacial score (nSPS) is 19.1. The van der Waals surface area contributed by atoms with Gasteiger partial charge in [-0.3, -0.25) is 0 Å². The smallest absolute Gasteiger partial charge is 0.175 e. The molecule has 1 aliphatic rings. The predicted molar refractivity (Wildman–Crippen MR) is 79.7 cm³/mol. The van der Waals surface area contributed by atoms with Gasteiger partial charge in [0, 0.05) is 17.8 Å². The summed E-state index contributed by atoms with van der Waals surface area (Å²) in [5.41, 5.74) is 0.904. The molecule has 0 spiro atoms. The van der Waals surface area contributed by atoms with E-state index in [1.54, 1.807) is 12.1 Å². The average molecular weight is 302 g/mol. The first kappa shape index (κ1) is 14.7. The Bertz CT molecular complexity index is 519. The largest absolute Gasteiger partial charge is 0.378 e. The third kappa shape index (κ3) is 3.63. The Kier molecular flexibility index (Phi) is 4.41. The Morgan fingerprint density at radius 3 is 2.21 bits per heavy atom. The maximum Gasteiger partial charge on any atom is 0.175 e. The van der Waals surface area contributed by atoms with Crippen LogP contribution in [0.1, 0.15) is 32.1 Å². The van der Waals surface area contributed by atoms with Crippen LogP contribution in [-0.2, 0) is 9.84 Å². The second kappa shape index (κ2) is 5.71. The van der Waals surface area contributed by atoms with Gasteiger partial charge in [0.05, 0.1) is 10.4 Å².